The van der Waals surface area contributed by atoms with Gasteiger partial charge in [0.05, 0.1) is 29.6 Å². The van der Waals surface area contributed by atoms with Gasteiger partial charge in [-0.15, -0.1) is 0 Å². The van der Waals surface area contributed by atoms with Gasteiger partial charge in [0.2, 0.25) is 0 Å². The van der Waals surface area contributed by atoms with Crippen LogP contribution in [0.25, 0.3) is 0 Å². The molecule has 0 aliphatic carbocycles. The fourth-order valence-electron chi connectivity index (χ4n) is 2.19. The second-order valence-electron chi connectivity index (χ2n) is 4.44. The predicted octanol–water partition coefficient (Wildman–Crippen LogP) is 2.57. The molecule has 96 valence electrons. The first kappa shape index (κ1) is 13.3. The minimum atomic E-state index is -1.05. The normalized spacial score (nSPS) is 22.3. The number of ether oxygens (including phenoxy) is 1. The highest BCUT2D eigenvalue weighted by Gasteiger charge is 2.24. The molecular formula is C14H17NO2S. The van der Waals surface area contributed by atoms with Crippen LogP contribution in [-0.2, 0) is 15.5 Å². The maximum Gasteiger partial charge on any atom is 0.0727 e. The second kappa shape index (κ2) is 6.67. The summed E-state index contributed by atoms with van der Waals surface area (Å²) in [4.78, 5) is 0. The molecule has 0 aromatic heterocycles. The number of hydrogen-bond acceptors (Lipinski definition) is 3. The van der Waals surface area contributed by atoms with Crippen LogP contribution in [0.3, 0.4) is 0 Å². The van der Waals surface area contributed by atoms with Gasteiger partial charge in [-0.3, -0.25) is 4.21 Å². The van der Waals surface area contributed by atoms with Crippen LogP contribution >= 0.6 is 0 Å². The van der Waals surface area contributed by atoms with Crippen molar-refractivity contribution in [2.24, 2.45) is 0 Å². The first-order valence-electron chi connectivity index (χ1n) is 6.22. The fourth-order valence-corrected chi connectivity index (χ4v) is 3.77. The molecule has 18 heavy (non-hydrogen) atoms. The Hall–Kier alpha value is -1.18. The van der Waals surface area contributed by atoms with Gasteiger partial charge < -0.3 is 4.74 Å². The lowest BCUT2D eigenvalue weighted by molar-refractivity contribution is 0.128. The van der Waals surface area contributed by atoms with Crippen molar-refractivity contribution in [3.05, 3.63) is 35.9 Å². The summed E-state index contributed by atoms with van der Waals surface area (Å²) in [6.07, 6.45) is 2.44. The molecule has 0 bridgehead atoms. The van der Waals surface area contributed by atoms with E-state index in [2.05, 4.69) is 6.07 Å². The average Bonchev–Trinajstić information content (AvgIpc) is 2.89. The fraction of sp³-hybridized carbons (Fsp3) is 0.500. The van der Waals surface area contributed by atoms with Crippen molar-refractivity contribution in [2.45, 2.75) is 30.6 Å². The molecule has 1 aromatic carbocycles. The smallest absolute Gasteiger partial charge is 0.0727 e. The molecule has 2 rings (SSSR count). The molecule has 3 nitrogen and oxygen atoms in total. The molecule has 1 saturated heterocycles. The lowest BCUT2D eigenvalue weighted by atomic mass is 10.1. The molecule has 1 aliphatic rings. The van der Waals surface area contributed by atoms with E-state index in [1.54, 1.807) is 0 Å². The van der Waals surface area contributed by atoms with Gasteiger partial charge in [0.1, 0.15) is 0 Å². The summed E-state index contributed by atoms with van der Waals surface area (Å²) < 4.78 is 17.9. The Kier molecular flexibility index (Phi) is 4.91. The van der Waals surface area contributed by atoms with Gasteiger partial charge in [0, 0.05) is 17.4 Å². The van der Waals surface area contributed by atoms with Crippen molar-refractivity contribution < 1.29 is 8.95 Å². The third-order valence-electron chi connectivity index (χ3n) is 3.14. The number of rotatable bonds is 5. The number of benzene rings is 1. The van der Waals surface area contributed by atoms with Gasteiger partial charge in [0.15, 0.2) is 0 Å². The van der Waals surface area contributed by atoms with E-state index in [1.165, 1.54) is 0 Å². The minimum absolute atomic E-state index is 0.107. The van der Waals surface area contributed by atoms with Gasteiger partial charge in [0.25, 0.3) is 0 Å². The maximum absolute atomic E-state index is 12.4. The molecule has 4 heteroatoms. The highest BCUT2D eigenvalue weighted by atomic mass is 32.2. The van der Waals surface area contributed by atoms with Crippen LogP contribution in [0.15, 0.2) is 30.3 Å². The number of hydrogen-bond donors (Lipinski definition) is 0. The van der Waals surface area contributed by atoms with Crippen molar-refractivity contribution in [2.75, 3.05) is 12.4 Å². The largest absolute Gasteiger partial charge is 0.377 e. The summed E-state index contributed by atoms with van der Waals surface area (Å²) in [6, 6.07) is 11.8. The second-order valence-corrected chi connectivity index (χ2v) is 6.11. The zero-order chi connectivity index (χ0) is 12.8. The zero-order valence-corrected chi connectivity index (χ0v) is 11.1. The molecule has 0 radical (unpaired) electrons. The number of nitrogens with zero attached hydrogens (tertiary/aromatic N) is 1. The Labute approximate surface area is 110 Å². The maximum atomic E-state index is 12.4. The molecular weight excluding hydrogens is 246 g/mol. The van der Waals surface area contributed by atoms with E-state index in [1.807, 2.05) is 30.3 Å². The lowest BCUT2D eigenvalue weighted by Gasteiger charge is -2.16. The van der Waals surface area contributed by atoms with E-state index < -0.39 is 10.8 Å². The van der Waals surface area contributed by atoms with Gasteiger partial charge >= 0.3 is 0 Å². The summed E-state index contributed by atoms with van der Waals surface area (Å²) in [5.41, 5.74) is 0.982. The summed E-state index contributed by atoms with van der Waals surface area (Å²) in [6.45, 7) is 0.774. The number of nitriles is 1. The molecule has 0 spiro atoms. The highest BCUT2D eigenvalue weighted by Crippen LogP contribution is 2.25. The summed E-state index contributed by atoms with van der Waals surface area (Å²) >= 11 is 0. The van der Waals surface area contributed by atoms with E-state index in [0.29, 0.717) is 12.2 Å². The van der Waals surface area contributed by atoms with E-state index >= 15 is 0 Å². The zero-order valence-electron chi connectivity index (χ0n) is 10.2. The highest BCUT2D eigenvalue weighted by molar-refractivity contribution is 7.85. The average molecular weight is 263 g/mol. The van der Waals surface area contributed by atoms with Crippen molar-refractivity contribution in [3.8, 4) is 6.07 Å². The minimum Gasteiger partial charge on any atom is -0.377 e. The van der Waals surface area contributed by atoms with Crippen LogP contribution in [-0.4, -0.2) is 22.7 Å². The van der Waals surface area contributed by atoms with Gasteiger partial charge in [-0.05, 0) is 18.4 Å². The van der Waals surface area contributed by atoms with Crippen LogP contribution in [0.4, 0.5) is 0 Å². The van der Waals surface area contributed by atoms with Crippen molar-refractivity contribution in [1.29, 1.82) is 5.26 Å². The van der Waals surface area contributed by atoms with Crippen molar-refractivity contribution in [3.63, 3.8) is 0 Å². The molecule has 3 unspecified atom stereocenters. The van der Waals surface area contributed by atoms with E-state index in [-0.39, 0.29) is 11.4 Å². The van der Waals surface area contributed by atoms with E-state index in [0.717, 1.165) is 25.0 Å². The van der Waals surface area contributed by atoms with Crippen molar-refractivity contribution in [1.82, 2.24) is 0 Å². The van der Waals surface area contributed by atoms with E-state index in [9.17, 15) is 4.21 Å². The monoisotopic (exact) mass is 263 g/mol. The lowest BCUT2D eigenvalue weighted by Crippen LogP contribution is -2.20. The predicted molar refractivity (Wildman–Crippen MR) is 71.4 cm³/mol. The molecule has 1 aromatic rings. The van der Waals surface area contributed by atoms with Crippen LogP contribution in [0, 0.1) is 11.3 Å². The molecule has 0 N–H and O–H groups in total. The Morgan fingerprint density at radius 1 is 1.44 bits per heavy atom. The third kappa shape index (κ3) is 3.41. The Morgan fingerprint density at radius 2 is 2.22 bits per heavy atom. The standard InChI is InChI=1S/C14H17NO2S/c15-9-8-14(12-5-2-1-3-6-12)18(16)11-13-7-4-10-17-13/h1-3,5-6,13-14H,4,7-8,10-11H2. The Morgan fingerprint density at radius 3 is 2.83 bits per heavy atom. The van der Waals surface area contributed by atoms with Crippen molar-refractivity contribution >= 4 is 10.8 Å². The first-order chi connectivity index (χ1) is 8.81. The Balaban J connectivity index is 2.05. The third-order valence-corrected chi connectivity index (χ3v) is 4.91. The quantitative estimate of drug-likeness (QED) is 0.820. The van der Waals surface area contributed by atoms with Gasteiger partial charge in [-0.1, -0.05) is 30.3 Å². The van der Waals surface area contributed by atoms with Gasteiger partial charge in [-0.25, -0.2) is 0 Å². The van der Waals surface area contributed by atoms with Crippen LogP contribution in [0.2, 0.25) is 0 Å². The summed E-state index contributed by atoms with van der Waals surface area (Å²) in [5, 5.41) is 8.70. The summed E-state index contributed by atoms with van der Waals surface area (Å²) in [5.74, 6) is 0.543. The van der Waals surface area contributed by atoms with Crippen LogP contribution < -0.4 is 0 Å². The Bertz CT molecular complexity index is 435. The van der Waals surface area contributed by atoms with Gasteiger partial charge in [-0.2, -0.15) is 5.26 Å². The van der Waals surface area contributed by atoms with Crippen LogP contribution in [0.1, 0.15) is 30.1 Å². The SMILES string of the molecule is N#CCC(c1ccccc1)S(=O)CC1CCCO1. The molecule has 1 aliphatic heterocycles. The summed E-state index contributed by atoms with van der Waals surface area (Å²) in [7, 11) is -1.05. The molecule has 1 heterocycles. The molecule has 3 atom stereocenters. The first-order valence-corrected chi connectivity index (χ1v) is 7.60. The molecule has 1 fully saturated rings. The topological polar surface area (TPSA) is 50.1 Å². The van der Waals surface area contributed by atoms with Crippen LogP contribution in [0.5, 0.6) is 0 Å². The van der Waals surface area contributed by atoms with E-state index in [4.69, 9.17) is 10.00 Å². The molecule has 0 saturated carbocycles. The molecule has 0 amide bonds.